The first kappa shape index (κ1) is 30.6. The fourth-order valence-corrected chi connectivity index (χ4v) is 8.58. The fraction of sp³-hybridized carbons (Fsp3) is 1.00. The Morgan fingerprint density at radius 3 is 2.13 bits per heavy atom. The van der Waals surface area contributed by atoms with Crippen molar-refractivity contribution in [3.63, 3.8) is 0 Å². The van der Waals surface area contributed by atoms with Crippen LogP contribution in [0.4, 0.5) is 0 Å². The molecule has 4 saturated carbocycles. The standard InChI is InChI=1S/C22H38N6O9S2/c23-19-18-12(10-16(38-37-36-32)20(22(18)29)26-24-13-4-2-1-3-5-13)11-17(39(33,34)35)21(19)27-25-14-6-8-15(9-7-14)28(30)31/h12-22,29,32H,1-11,23H2,(H,33,34,35). The maximum absolute atomic E-state index is 12.4. The van der Waals surface area contributed by atoms with Crippen molar-refractivity contribution in [1.29, 1.82) is 0 Å². The van der Waals surface area contributed by atoms with Gasteiger partial charge in [0, 0.05) is 41.8 Å². The van der Waals surface area contributed by atoms with Crippen LogP contribution in [0.3, 0.4) is 0 Å². The van der Waals surface area contributed by atoms with Crippen LogP contribution in [-0.4, -0.2) is 81.1 Å². The summed E-state index contributed by atoms with van der Waals surface area (Å²) in [5, 5.41) is 50.7. The van der Waals surface area contributed by atoms with Crippen molar-refractivity contribution in [2.75, 3.05) is 0 Å². The second-order valence-electron chi connectivity index (χ2n) is 11.2. The van der Waals surface area contributed by atoms with Gasteiger partial charge in [-0.1, -0.05) is 24.3 Å². The van der Waals surface area contributed by atoms with E-state index in [9.17, 15) is 28.2 Å². The minimum absolute atomic E-state index is 0.0183. The lowest BCUT2D eigenvalue weighted by Crippen LogP contribution is -2.64. The van der Waals surface area contributed by atoms with Gasteiger partial charge in [-0.25, -0.2) is 5.26 Å². The lowest BCUT2D eigenvalue weighted by atomic mass is 9.64. The Kier molecular flexibility index (Phi) is 10.6. The molecule has 4 rings (SSSR count). The van der Waals surface area contributed by atoms with E-state index in [2.05, 4.69) is 29.8 Å². The van der Waals surface area contributed by atoms with Crippen molar-refractivity contribution in [3.8, 4) is 0 Å². The summed E-state index contributed by atoms with van der Waals surface area (Å²) in [7, 11) is -4.57. The van der Waals surface area contributed by atoms with E-state index in [1.54, 1.807) is 0 Å². The van der Waals surface area contributed by atoms with E-state index in [0.717, 1.165) is 44.1 Å². The van der Waals surface area contributed by atoms with Gasteiger partial charge in [-0.15, -0.1) is 4.33 Å². The average Bonchev–Trinajstić information content (AvgIpc) is 2.90. The monoisotopic (exact) mass is 594 g/mol. The van der Waals surface area contributed by atoms with Gasteiger partial charge in [0.1, 0.15) is 17.3 Å². The third kappa shape index (κ3) is 7.49. The van der Waals surface area contributed by atoms with Crippen molar-refractivity contribution < 1.29 is 37.6 Å². The highest BCUT2D eigenvalue weighted by atomic mass is 32.2. The van der Waals surface area contributed by atoms with Crippen LogP contribution in [0.25, 0.3) is 0 Å². The van der Waals surface area contributed by atoms with Crippen molar-refractivity contribution in [2.24, 2.45) is 38.0 Å². The van der Waals surface area contributed by atoms with Crippen LogP contribution < -0.4 is 5.73 Å². The van der Waals surface area contributed by atoms with Crippen molar-refractivity contribution in [2.45, 2.75) is 123 Å². The topological polar surface area (TPSA) is 232 Å². The van der Waals surface area contributed by atoms with E-state index in [-0.39, 0.29) is 23.4 Å². The molecule has 0 saturated heterocycles. The molecule has 4 aliphatic rings. The van der Waals surface area contributed by atoms with Gasteiger partial charge in [0.2, 0.25) is 6.04 Å². The first-order valence-corrected chi connectivity index (χ1v) is 15.9. The van der Waals surface area contributed by atoms with Crippen LogP contribution in [-0.2, 0) is 19.5 Å². The number of azo groups is 2. The number of hydrogen-bond acceptors (Lipinski definition) is 14. The van der Waals surface area contributed by atoms with Gasteiger partial charge < -0.3 is 10.8 Å². The molecule has 5 N–H and O–H groups in total. The molecule has 0 radical (unpaired) electrons. The van der Waals surface area contributed by atoms with E-state index in [1.165, 1.54) is 0 Å². The maximum Gasteiger partial charge on any atom is 0.270 e. The van der Waals surface area contributed by atoms with Crippen LogP contribution in [0, 0.1) is 22.0 Å². The summed E-state index contributed by atoms with van der Waals surface area (Å²) in [6.07, 6.45) is 5.86. The van der Waals surface area contributed by atoms with Gasteiger partial charge in [-0.2, -0.15) is 28.9 Å². The summed E-state index contributed by atoms with van der Waals surface area (Å²) in [4.78, 5) is 10.7. The molecule has 4 aliphatic carbocycles. The molecule has 0 aromatic heterocycles. The first-order chi connectivity index (χ1) is 18.6. The number of fused-ring (bicyclic) bond motifs is 1. The molecule has 222 valence electrons. The minimum Gasteiger partial charge on any atom is -0.390 e. The molecular weight excluding hydrogens is 556 g/mol. The molecule has 0 aliphatic heterocycles. The molecule has 8 unspecified atom stereocenters. The maximum atomic E-state index is 12.4. The average molecular weight is 595 g/mol. The van der Waals surface area contributed by atoms with Crippen molar-refractivity contribution in [1.82, 2.24) is 0 Å². The van der Waals surface area contributed by atoms with Crippen LogP contribution in [0.1, 0.15) is 70.6 Å². The number of nitro groups is 1. The highest BCUT2D eigenvalue weighted by Crippen LogP contribution is 2.47. The lowest BCUT2D eigenvalue weighted by Gasteiger charge is -2.50. The summed E-state index contributed by atoms with van der Waals surface area (Å²) in [5.41, 5.74) is 6.58. The number of rotatable bonds is 9. The zero-order valence-corrected chi connectivity index (χ0v) is 23.2. The van der Waals surface area contributed by atoms with Crippen LogP contribution in [0.2, 0.25) is 0 Å². The Morgan fingerprint density at radius 2 is 1.54 bits per heavy atom. The second-order valence-corrected chi connectivity index (χ2v) is 13.8. The third-order valence-corrected chi connectivity index (χ3v) is 10.9. The Bertz CT molecular complexity index is 991. The molecule has 8 atom stereocenters. The summed E-state index contributed by atoms with van der Waals surface area (Å²) < 4.78 is 39.6. The fourth-order valence-electron chi connectivity index (χ4n) is 6.71. The van der Waals surface area contributed by atoms with Gasteiger partial charge in [0.05, 0.1) is 23.4 Å². The Balaban J connectivity index is 1.54. The molecule has 15 nitrogen and oxygen atoms in total. The Labute approximate surface area is 231 Å². The summed E-state index contributed by atoms with van der Waals surface area (Å²) in [6.45, 7) is 0. The van der Waals surface area contributed by atoms with Crippen LogP contribution in [0.15, 0.2) is 20.5 Å². The highest BCUT2D eigenvalue weighted by molar-refractivity contribution is 7.95. The van der Waals surface area contributed by atoms with Gasteiger partial charge in [0.25, 0.3) is 10.1 Å². The molecule has 0 spiro atoms. The lowest BCUT2D eigenvalue weighted by molar-refractivity contribution is -0.526. The molecule has 0 heterocycles. The summed E-state index contributed by atoms with van der Waals surface area (Å²) in [6, 6.07) is -3.70. The van der Waals surface area contributed by atoms with Gasteiger partial charge >= 0.3 is 0 Å². The molecule has 4 fully saturated rings. The smallest absolute Gasteiger partial charge is 0.270 e. The quantitative estimate of drug-likeness (QED) is 0.0756. The number of nitrogens with zero attached hydrogens (tertiary/aromatic N) is 5. The molecule has 0 amide bonds. The Hall–Kier alpha value is -1.34. The van der Waals surface area contributed by atoms with E-state index in [0.29, 0.717) is 32.1 Å². The summed E-state index contributed by atoms with van der Waals surface area (Å²) in [5.74, 6) is -1.04. The minimum atomic E-state index is -4.57. The molecule has 0 aromatic rings. The Morgan fingerprint density at radius 1 is 0.923 bits per heavy atom. The predicted molar refractivity (Wildman–Crippen MR) is 139 cm³/mol. The molecular formula is C22H38N6O9S2. The second kappa shape index (κ2) is 13.5. The van der Waals surface area contributed by atoms with Crippen LogP contribution >= 0.6 is 12.0 Å². The van der Waals surface area contributed by atoms with Crippen LogP contribution in [0.5, 0.6) is 0 Å². The SMILES string of the molecule is NC1C(N=NC2CCC([N+](=O)[O-])CC2)C(S(=O)(=O)O)CC2CC(SOOO)C(N=NC3CCCCC3)C(O)C21. The summed E-state index contributed by atoms with van der Waals surface area (Å²) >= 11 is 0.765. The molecule has 0 aromatic carbocycles. The van der Waals surface area contributed by atoms with Gasteiger partial charge in [-0.3, -0.25) is 14.7 Å². The van der Waals surface area contributed by atoms with E-state index in [4.69, 9.17) is 11.0 Å². The number of nitrogens with two attached hydrogens (primary N) is 1. The predicted octanol–water partition coefficient (Wildman–Crippen LogP) is 2.97. The zero-order valence-electron chi connectivity index (χ0n) is 21.6. The van der Waals surface area contributed by atoms with Crippen molar-refractivity contribution in [3.05, 3.63) is 10.1 Å². The van der Waals surface area contributed by atoms with Gasteiger partial charge in [0.15, 0.2) is 0 Å². The zero-order chi connectivity index (χ0) is 28.2. The number of aliphatic hydroxyl groups is 1. The third-order valence-electron chi connectivity index (χ3n) is 8.80. The number of hydrogen-bond donors (Lipinski definition) is 4. The van der Waals surface area contributed by atoms with Crippen molar-refractivity contribution >= 4 is 22.2 Å². The molecule has 39 heavy (non-hydrogen) atoms. The molecule has 0 bridgehead atoms. The van der Waals surface area contributed by atoms with Gasteiger partial charge in [-0.05, 0) is 44.4 Å². The van der Waals surface area contributed by atoms with E-state index in [1.807, 2.05) is 0 Å². The van der Waals surface area contributed by atoms with E-state index < -0.39 is 62.7 Å². The molecule has 17 heteroatoms. The highest BCUT2D eigenvalue weighted by Gasteiger charge is 2.56. The first-order valence-electron chi connectivity index (χ1n) is 13.6. The van der Waals surface area contributed by atoms with E-state index >= 15 is 0 Å². The number of aliphatic hydroxyl groups excluding tert-OH is 1. The normalized spacial score (nSPS) is 40.6. The largest absolute Gasteiger partial charge is 0.390 e.